The molecule has 1 aromatic heterocycles. The second-order valence-electron chi connectivity index (χ2n) is 8.88. The molecule has 0 atom stereocenters. The molecule has 2 N–H and O–H groups in total. The van der Waals surface area contributed by atoms with Gasteiger partial charge in [-0.1, -0.05) is 73.9 Å². The van der Waals surface area contributed by atoms with E-state index in [0.717, 1.165) is 16.5 Å². The fraction of sp³-hybridized carbons (Fsp3) is 0.241. The summed E-state index contributed by atoms with van der Waals surface area (Å²) >= 11 is 0. The average Bonchev–Trinajstić information content (AvgIpc) is 2.87. The molecule has 1 amide bonds. The maximum absolute atomic E-state index is 13.2. The van der Waals surface area contributed by atoms with Gasteiger partial charge in [0.25, 0.3) is 5.91 Å². The summed E-state index contributed by atoms with van der Waals surface area (Å²) in [4.78, 5) is 17.9. The van der Waals surface area contributed by atoms with Gasteiger partial charge in [-0.05, 0) is 48.1 Å². The van der Waals surface area contributed by atoms with Gasteiger partial charge < -0.3 is 10.4 Å². The van der Waals surface area contributed by atoms with Gasteiger partial charge in [0.15, 0.2) is 0 Å². The Morgan fingerprint density at radius 3 is 2.42 bits per heavy atom. The predicted octanol–water partition coefficient (Wildman–Crippen LogP) is 6.59. The van der Waals surface area contributed by atoms with Gasteiger partial charge in [-0.25, -0.2) is 4.98 Å². The average molecular weight is 437 g/mol. The molecule has 166 valence electrons. The number of fused-ring (bicyclic) bond motifs is 1. The lowest BCUT2D eigenvalue weighted by molar-refractivity contribution is 0.0952. The van der Waals surface area contributed by atoms with Crippen LogP contribution in [0.15, 0.2) is 78.9 Å². The predicted molar refractivity (Wildman–Crippen MR) is 132 cm³/mol. The Balaban J connectivity index is 1.37. The van der Waals surface area contributed by atoms with Gasteiger partial charge in [-0.3, -0.25) is 4.79 Å². The Morgan fingerprint density at radius 2 is 1.67 bits per heavy atom. The molecule has 5 rings (SSSR count). The number of phenolic OH excluding ortho intramolecular Hbond substituents is 1. The molecule has 4 heteroatoms. The van der Waals surface area contributed by atoms with E-state index in [2.05, 4.69) is 34.6 Å². The van der Waals surface area contributed by atoms with Crippen molar-refractivity contribution in [3.8, 4) is 17.0 Å². The van der Waals surface area contributed by atoms with Gasteiger partial charge >= 0.3 is 0 Å². The third-order valence-corrected chi connectivity index (χ3v) is 6.62. The number of pyridine rings is 1. The molecule has 1 saturated carbocycles. The molecular formula is C29H28N2O2. The first-order valence-corrected chi connectivity index (χ1v) is 11.7. The summed E-state index contributed by atoms with van der Waals surface area (Å²) in [6.45, 7) is 0.465. The Morgan fingerprint density at radius 1 is 0.909 bits per heavy atom. The highest BCUT2D eigenvalue weighted by atomic mass is 16.3. The highest BCUT2D eigenvalue weighted by Crippen LogP contribution is 2.32. The van der Waals surface area contributed by atoms with Gasteiger partial charge in [0.2, 0.25) is 0 Å². The molecule has 0 bridgehead atoms. The number of aromatic hydroxyl groups is 1. The van der Waals surface area contributed by atoms with Crippen molar-refractivity contribution in [2.45, 2.75) is 44.6 Å². The van der Waals surface area contributed by atoms with Crippen molar-refractivity contribution < 1.29 is 9.90 Å². The van der Waals surface area contributed by atoms with Crippen molar-refractivity contribution in [3.63, 3.8) is 0 Å². The van der Waals surface area contributed by atoms with Crippen LogP contribution >= 0.6 is 0 Å². The maximum Gasteiger partial charge on any atom is 0.252 e. The molecular weight excluding hydrogens is 408 g/mol. The zero-order valence-corrected chi connectivity index (χ0v) is 18.6. The Hall–Kier alpha value is -3.66. The topological polar surface area (TPSA) is 62.2 Å². The van der Waals surface area contributed by atoms with E-state index in [1.165, 1.54) is 37.7 Å². The molecule has 4 aromatic rings. The van der Waals surface area contributed by atoms with E-state index in [0.29, 0.717) is 29.2 Å². The van der Waals surface area contributed by atoms with Crippen molar-refractivity contribution >= 4 is 16.8 Å². The van der Waals surface area contributed by atoms with Crippen LogP contribution in [-0.4, -0.2) is 16.0 Å². The first-order valence-electron chi connectivity index (χ1n) is 11.7. The zero-order valence-electron chi connectivity index (χ0n) is 18.6. The van der Waals surface area contributed by atoms with Crippen LogP contribution in [0.2, 0.25) is 0 Å². The van der Waals surface area contributed by atoms with Gasteiger partial charge in [0.1, 0.15) is 5.75 Å². The third-order valence-electron chi connectivity index (χ3n) is 6.62. The second-order valence-corrected chi connectivity index (χ2v) is 8.88. The molecule has 0 unspecified atom stereocenters. The van der Waals surface area contributed by atoms with E-state index >= 15 is 0 Å². The summed E-state index contributed by atoms with van der Waals surface area (Å²) in [5.41, 5.74) is 5.28. The molecule has 0 aliphatic heterocycles. The van der Waals surface area contributed by atoms with E-state index in [1.54, 1.807) is 18.2 Å². The lowest BCUT2D eigenvalue weighted by atomic mass is 9.84. The number of nitrogens with one attached hydrogen (secondary N) is 1. The van der Waals surface area contributed by atoms with E-state index in [1.807, 2.05) is 36.4 Å². The van der Waals surface area contributed by atoms with Crippen molar-refractivity contribution in [1.29, 1.82) is 0 Å². The number of carbonyl (C=O) groups excluding carboxylic acids is 1. The number of amides is 1. The first kappa shape index (κ1) is 21.2. The normalized spacial score (nSPS) is 14.3. The molecule has 0 radical (unpaired) electrons. The zero-order chi connectivity index (χ0) is 22.6. The van der Waals surface area contributed by atoms with E-state index in [4.69, 9.17) is 0 Å². The van der Waals surface area contributed by atoms with Crippen molar-refractivity contribution in [3.05, 3.63) is 95.6 Å². The SMILES string of the molecule is O=C(NCc1ccc(C2CCCCC2)cc1)c1cc(-c2ccccc2)nc2cc(O)ccc12. The summed E-state index contributed by atoms with van der Waals surface area (Å²) in [6.07, 6.45) is 6.57. The van der Waals surface area contributed by atoms with Crippen LogP contribution in [0.1, 0.15) is 59.5 Å². The van der Waals surface area contributed by atoms with Gasteiger partial charge in [0.05, 0.1) is 16.8 Å². The molecule has 0 spiro atoms. The number of hydrogen-bond donors (Lipinski definition) is 2. The Labute approximate surface area is 194 Å². The molecule has 4 nitrogen and oxygen atoms in total. The quantitative estimate of drug-likeness (QED) is 0.371. The molecule has 0 saturated heterocycles. The number of hydrogen-bond acceptors (Lipinski definition) is 3. The first-order chi connectivity index (χ1) is 16.2. The molecule has 1 aliphatic rings. The van der Waals surface area contributed by atoms with Crippen LogP contribution in [0.5, 0.6) is 5.75 Å². The summed E-state index contributed by atoms with van der Waals surface area (Å²) < 4.78 is 0. The lowest BCUT2D eigenvalue weighted by Gasteiger charge is -2.22. The number of aromatic nitrogens is 1. The highest BCUT2D eigenvalue weighted by Gasteiger charge is 2.16. The Kier molecular flexibility index (Phi) is 6.07. The minimum Gasteiger partial charge on any atom is -0.508 e. The minimum absolute atomic E-state index is 0.129. The van der Waals surface area contributed by atoms with Crippen molar-refractivity contribution in [1.82, 2.24) is 10.3 Å². The second kappa shape index (κ2) is 9.45. The number of rotatable bonds is 5. The Bertz CT molecular complexity index is 1260. The number of carbonyl (C=O) groups is 1. The van der Waals surface area contributed by atoms with Crippen LogP contribution in [0.4, 0.5) is 0 Å². The van der Waals surface area contributed by atoms with Crippen molar-refractivity contribution in [2.24, 2.45) is 0 Å². The number of nitrogens with zero attached hydrogens (tertiary/aromatic N) is 1. The van der Waals surface area contributed by atoms with Gasteiger partial charge in [-0.2, -0.15) is 0 Å². The van der Waals surface area contributed by atoms with Crippen LogP contribution in [0.25, 0.3) is 22.2 Å². The van der Waals surface area contributed by atoms with E-state index in [-0.39, 0.29) is 11.7 Å². The number of benzene rings is 3. The monoisotopic (exact) mass is 436 g/mol. The standard InChI is InChI=1S/C29H28N2O2/c32-24-15-16-25-26(18-27(31-28(25)17-24)23-9-5-2-6-10-23)29(33)30-19-20-11-13-22(14-12-20)21-7-3-1-4-8-21/h2,5-6,9-18,21,32H,1,3-4,7-8,19H2,(H,30,33). The van der Waals surface area contributed by atoms with E-state index in [9.17, 15) is 9.90 Å². The maximum atomic E-state index is 13.2. The molecule has 33 heavy (non-hydrogen) atoms. The summed E-state index contributed by atoms with van der Waals surface area (Å²) in [7, 11) is 0. The van der Waals surface area contributed by atoms with Crippen molar-refractivity contribution in [2.75, 3.05) is 0 Å². The molecule has 3 aromatic carbocycles. The summed E-state index contributed by atoms with van der Waals surface area (Å²) in [5, 5.41) is 13.7. The van der Waals surface area contributed by atoms with Crippen LogP contribution < -0.4 is 5.32 Å². The number of phenols is 1. The highest BCUT2D eigenvalue weighted by molar-refractivity contribution is 6.07. The van der Waals surface area contributed by atoms with Gasteiger partial charge in [-0.15, -0.1) is 0 Å². The summed E-state index contributed by atoms with van der Waals surface area (Å²) in [5.74, 6) is 0.657. The summed E-state index contributed by atoms with van der Waals surface area (Å²) in [6, 6.07) is 25.2. The van der Waals surface area contributed by atoms with Crippen LogP contribution in [0.3, 0.4) is 0 Å². The van der Waals surface area contributed by atoms with E-state index < -0.39 is 0 Å². The molecule has 1 aliphatic carbocycles. The molecule has 1 fully saturated rings. The fourth-order valence-electron chi connectivity index (χ4n) is 4.78. The van der Waals surface area contributed by atoms with Crippen LogP contribution in [0, 0.1) is 0 Å². The lowest BCUT2D eigenvalue weighted by Crippen LogP contribution is -2.23. The molecule has 1 heterocycles. The van der Waals surface area contributed by atoms with Crippen LogP contribution in [-0.2, 0) is 6.54 Å². The minimum atomic E-state index is -0.151. The largest absolute Gasteiger partial charge is 0.508 e. The third kappa shape index (κ3) is 4.75. The smallest absolute Gasteiger partial charge is 0.252 e. The fourth-order valence-corrected chi connectivity index (χ4v) is 4.78. The van der Waals surface area contributed by atoms with Gasteiger partial charge in [0, 0.05) is 23.6 Å².